The van der Waals surface area contributed by atoms with Crippen LogP contribution in [0.2, 0.25) is 0 Å². The quantitative estimate of drug-likeness (QED) is 0.637. The van der Waals surface area contributed by atoms with Crippen molar-refractivity contribution in [2.45, 2.75) is 13.6 Å². The van der Waals surface area contributed by atoms with E-state index in [2.05, 4.69) is 10.2 Å². The molecule has 3 nitrogen and oxygen atoms in total. The van der Waals surface area contributed by atoms with Crippen LogP contribution in [0.1, 0.15) is 10.4 Å². The smallest absolute Gasteiger partial charge is 0.180 e. The first-order valence-electron chi connectivity index (χ1n) is 4.53. The van der Waals surface area contributed by atoms with Gasteiger partial charge >= 0.3 is 0 Å². The van der Waals surface area contributed by atoms with Crippen LogP contribution in [0.25, 0.3) is 0 Å². The van der Waals surface area contributed by atoms with Gasteiger partial charge in [-0.3, -0.25) is 4.79 Å². The second-order valence-electron chi connectivity index (χ2n) is 2.92. The predicted octanol–water partition coefficient (Wildman–Crippen LogP) is 3.36. The van der Waals surface area contributed by atoms with Gasteiger partial charge in [-0.15, -0.1) is 10.2 Å². The molecule has 1 aromatic carbocycles. The molecular formula is C10H7FN2OS3. The zero-order chi connectivity index (χ0) is 12.3. The van der Waals surface area contributed by atoms with Gasteiger partial charge in [-0.1, -0.05) is 47.0 Å². The highest BCUT2D eigenvalue weighted by atomic mass is 32.2. The fraction of sp³-hybridized carbons (Fsp3) is 0.100. The predicted molar refractivity (Wildman–Crippen MR) is 67.6 cm³/mol. The van der Waals surface area contributed by atoms with Crippen molar-refractivity contribution in [3.8, 4) is 0 Å². The lowest BCUT2D eigenvalue weighted by Crippen LogP contribution is -1.89. The number of hydrogen-bond acceptors (Lipinski definition) is 6. The van der Waals surface area contributed by atoms with Gasteiger partial charge in [0.15, 0.2) is 15.0 Å². The van der Waals surface area contributed by atoms with E-state index < -0.39 is 5.82 Å². The van der Waals surface area contributed by atoms with E-state index in [1.165, 1.54) is 35.2 Å². The Balaban J connectivity index is 2.31. The molecule has 17 heavy (non-hydrogen) atoms. The molecule has 0 aliphatic carbocycles. The van der Waals surface area contributed by atoms with Crippen molar-refractivity contribution in [1.82, 2.24) is 10.2 Å². The Bertz CT molecular complexity index is 544. The molecule has 1 aromatic heterocycles. The summed E-state index contributed by atoms with van der Waals surface area (Å²) < 4.78 is 15.0. The second-order valence-corrected chi connectivity index (χ2v) is 6.20. The van der Waals surface area contributed by atoms with Crippen LogP contribution in [-0.4, -0.2) is 22.7 Å². The normalized spacial score (nSPS) is 10.5. The van der Waals surface area contributed by atoms with Crippen LogP contribution in [0.5, 0.6) is 0 Å². The number of rotatable bonds is 4. The summed E-state index contributed by atoms with van der Waals surface area (Å²) in [5.74, 6) is -0.416. The van der Waals surface area contributed by atoms with Crippen LogP contribution in [0.4, 0.5) is 4.39 Å². The van der Waals surface area contributed by atoms with Crippen molar-refractivity contribution < 1.29 is 9.18 Å². The first-order chi connectivity index (χ1) is 8.24. The SMILES string of the molecule is CSc1nnc(Sc2c(F)cccc2C=O)s1. The molecule has 0 aliphatic heterocycles. The molecule has 2 rings (SSSR count). The lowest BCUT2D eigenvalue weighted by Gasteiger charge is -2.02. The van der Waals surface area contributed by atoms with Crippen LogP contribution in [0, 0.1) is 5.82 Å². The maximum Gasteiger partial charge on any atom is 0.180 e. The van der Waals surface area contributed by atoms with Crippen LogP contribution >= 0.6 is 34.9 Å². The number of carbonyl (C=O) groups is 1. The Hall–Kier alpha value is -0.920. The highest BCUT2D eigenvalue weighted by Gasteiger charge is 2.12. The van der Waals surface area contributed by atoms with Crippen molar-refractivity contribution in [3.63, 3.8) is 0 Å². The van der Waals surface area contributed by atoms with E-state index in [9.17, 15) is 9.18 Å². The van der Waals surface area contributed by atoms with Gasteiger partial charge < -0.3 is 0 Å². The standard InChI is InChI=1S/C10H7FN2OS3/c1-15-9-12-13-10(17-9)16-8-6(5-14)3-2-4-7(8)11/h2-5H,1H3. The van der Waals surface area contributed by atoms with Gasteiger partial charge in [0.05, 0.1) is 4.90 Å². The molecule has 0 N–H and O–H groups in total. The summed E-state index contributed by atoms with van der Waals surface area (Å²) in [6.45, 7) is 0. The van der Waals surface area contributed by atoms with E-state index in [0.717, 1.165) is 16.1 Å². The summed E-state index contributed by atoms with van der Waals surface area (Å²) >= 11 is 3.99. The second kappa shape index (κ2) is 5.61. The number of hydrogen-bond donors (Lipinski definition) is 0. The summed E-state index contributed by atoms with van der Waals surface area (Å²) in [7, 11) is 0. The summed E-state index contributed by atoms with van der Waals surface area (Å²) in [5.41, 5.74) is 0.330. The Morgan fingerprint density at radius 3 is 2.76 bits per heavy atom. The van der Waals surface area contributed by atoms with Gasteiger partial charge in [-0.05, 0) is 12.3 Å². The van der Waals surface area contributed by atoms with Gasteiger partial charge in [0.25, 0.3) is 0 Å². The molecular weight excluding hydrogens is 279 g/mol. The summed E-state index contributed by atoms with van der Waals surface area (Å²) in [6.07, 6.45) is 2.54. The fourth-order valence-electron chi connectivity index (χ4n) is 1.13. The molecule has 7 heteroatoms. The molecule has 0 amide bonds. The molecule has 0 unspecified atom stereocenters. The van der Waals surface area contributed by atoms with Crippen molar-refractivity contribution >= 4 is 41.1 Å². The molecule has 0 saturated heterocycles. The zero-order valence-corrected chi connectivity index (χ0v) is 11.2. The topological polar surface area (TPSA) is 42.9 Å². The number of carbonyl (C=O) groups excluding carboxylic acids is 1. The minimum absolute atomic E-state index is 0.298. The summed E-state index contributed by atoms with van der Waals surface area (Å²) in [5, 5.41) is 7.84. The lowest BCUT2D eigenvalue weighted by atomic mass is 10.2. The Labute approximate surface area is 110 Å². The molecule has 0 fully saturated rings. The molecule has 0 spiro atoms. The van der Waals surface area contributed by atoms with Crippen molar-refractivity contribution in [1.29, 1.82) is 0 Å². The number of thioether (sulfide) groups is 1. The highest BCUT2D eigenvalue weighted by Crippen LogP contribution is 2.35. The fourth-order valence-corrected chi connectivity index (χ4v) is 3.61. The van der Waals surface area contributed by atoms with E-state index in [4.69, 9.17) is 0 Å². The molecule has 0 atom stereocenters. The molecule has 88 valence electrons. The minimum Gasteiger partial charge on any atom is -0.298 e. The third kappa shape index (κ3) is 2.85. The average molecular weight is 286 g/mol. The molecule has 0 bridgehead atoms. The van der Waals surface area contributed by atoms with Gasteiger partial charge in [-0.2, -0.15) is 0 Å². The third-order valence-electron chi connectivity index (χ3n) is 1.88. The molecule has 0 radical (unpaired) electrons. The van der Waals surface area contributed by atoms with Gasteiger partial charge in [0, 0.05) is 5.56 Å². The van der Waals surface area contributed by atoms with E-state index >= 15 is 0 Å². The van der Waals surface area contributed by atoms with Crippen LogP contribution in [0.3, 0.4) is 0 Å². The molecule has 2 aromatic rings. The maximum atomic E-state index is 13.6. The highest BCUT2D eigenvalue weighted by molar-refractivity contribution is 8.03. The van der Waals surface area contributed by atoms with Gasteiger partial charge in [-0.25, -0.2) is 4.39 Å². The van der Waals surface area contributed by atoms with Crippen molar-refractivity contribution in [2.24, 2.45) is 0 Å². The number of aromatic nitrogens is 2. The molecule has 0 saturated carbocycles. The van der Waals surface area contributed by atoms with Crippen LogP contribution in [-0.2, 0) is 0 Å². The van der Waals surface area contributed by atoms with Crippen LogP contribution < -0.4 is 0 Å². The molecule has 1 heterocycles. The monoisotopic (exact) mass is 286 g/mol. The van der Waals surface area contributed by atoms with E-state index in [-0.39, 0.29) is 0 Å². The Morgan fingerprint density at radius 1 is 1.35 bits per heavy atom. The van der Waals surface area contributed by atoms with Crippen molar-refractivity contribution in [3.05, 3.63) is 29.6 Å². The number of nitrogens with zero attached hydrogens (tertiary/aromatic N) is 2. The summed E-state index contributed by atoms with van der Waals surface area (Å²) in [4.78, 5) is 11.1. The van der Waals surface area contributed by atoms with E-state index in [0.29, 0.717) is 21.1 Å². The average Bonchev–Trinajstić information content (AvgIpc) is 2.79. The Morgan fingerprint density at radius 2 is 2.12 bits per heavy atom. The largest absolute Gasteiger partial charge is 0.298 e. The Kier molecular flexibility index (Phi) is 4.14. The van der Waals surface area contributed by atoms with E-state index in [1.807, 2.05) is 6.26 Å². The van der Waals surface area contributed by atoms with Gasteiger partial charge in [0.1, 0.15) is 5.82 Å². The third-order valence-corrected chi connectivity index (χ3v) is 4.96. The number of benzene rings is 1. The van der Waals surface area contributed by atoms with Crippen molar-refractivity contribution in [2.75, 3.05) is 6.26 Å². The first-order valence-corrected chi connectivity index (χ1v) is 7.39. The summed E-state index contributed by atoms with van der Waals surface area (Å²) in [6, 6.07) is 4.41. The molecule has 0 aliphatic rings. The minimum atomic E-state index is -0.416. The first kappa shape index (κ1) is 12.5. The lowest BCUT2D eigenvalue weighted by molar-refractivity contribution is 0.112. The maximum absolute atomic E-state index is 13.6. The number of aldehydes is 1. The van der Waals surface area contributed by atoms with Crippen LogP contribution in [0.15, 0.2) is 31.8 Å². The van der Waals surface area contributed by atoms with E-state index in [1.54, 1.807) is 6.07 Å². The zero-order valence-electron chi connectivity index (χ0n) is 8.71. The number of halogens is 1. The van der Waals surface area contributed by atoms with Gasteiger partial charge in [0.2, 0.25) is 0 Å².